The summed E-state index contributed by atoms with van der Waals surface area (Å²) in [7, 11) is 1.58. The van der Waals surface area contributed by atoms with Crippen LogP contribution in [0.1, 0.15) is 38.7 Å². The zero-order valence-corrected chi connectivity index (χ0v) is 12.9. The fourth-order valence-corrected chi connectivity index (χ4v) is 2.38. The van der Waals surface area contributed by atoms with Crippen molar-refractivity contribution in [3.05, 3.63) is 29.6 Å². The smallest absolute Gasteiger partial charge is 0.407 e. The first-order chi connectivity index (χ1) is 9.80. The lowest BCUT2D eigenvalue weighted by atomic mass is 10.1. The number of benzene rings is 1. The van der Waals surface area contributed by atoms with Crippen molar-refractivity contribution in [3.8, 4) is 5.75 Å². The van der Waals surface area contributed by atoms with Crippen molar-refractivity contribution >= 4 is 6.09 Å². The summed E-state index contributed by atoms with van der Waals surface area (Å²) in [5, 5.41) is 2.76. The van der Waals surface area contributed by atoms with Crippen LogP contribution in [0, 0.1) is 11.7 Å². The monoisotopic (exact) mass is 295 g/mol. The lowest BCUT2D eigenvalue weighted by molar-refractivity contribution is 0.0525. The third kappa shape index (κ3) is 4.34. The Balaban J connectivity index is 1.88. The van der Waals surface area contributed by atoms with E-state index in [-0.39, 0.29) is 11.7 Å². The summed E-state index contributed by atoms with van der Waals surface area (Å²) in [5.41, 5.74) is 0.368. The molecule has 0 radical (unpaired) electrons. The van der Waals surface area contributed by atoms with Crippen LogP contribution >= 0.6 is 0 Å². The van der Waals surface area contributed by atoms with Crippen LogP contribution in [0.5, 0.6) is 5.75 Å². The van der Waals surface area contributed by atoms with Crippen molar-refractivity contribution < 1.29 is 18.7 Å². The first-order valence-corrected chi connectivity index (χ1v) is 7.10. The van der Waals surface area contributed by atoms with Crippen LogP contribution in [0.15, 0.2) is 18.2 Å². The van der Waals surface area contributed by atoms with E-state index in [1.807, 2.05) is 20.8 Å². The first-order valence-electron chi connectivity index (χ1n) is 7.10. The topological polar surface area (TPSA) is 47.6 Å². The summed E-state index contributed by atoms with van der Waals surface area (Å²) in [4.78, 5) is 11.6. The third-order valence-corrected chi connectivity index (χ3v) is 3.42. The van der Waals surface area contributed by atoms with Crippen molar-refractivity contribution in [2.24, 2.45) is 5.92 Å². The molecule has 1 aliphatic carbocycles. The van der Waals surface area contributed by atoms with Gasteiger partial charge in [0, 0.05) is 12.1 Å². The zero-order chi connectivity index (χ0) is 15.6. The molecule has 1 aliphatic rings. The molecule has 1 saturated carbocycles. The van der Waals surface area contributed by atoms with Crippen LogP contribution < -0.4 is 10.1 Å². The van der Waals surface area contributed by atoms with E-state index in [2.05, 4.69) is 5.32 Å². The molecule has 21 heavy (non-hydrogen) atoms. The van der Waals surface area contributed by atoms with Gasteiger partial charge in [-0.1, -0.05) is 0 Å². The molecule has 0 aromatic heterocycles. The second kappa shape index (κ2) is 5.92. The van der Waals surface area contributed by atoms with E-state index >= 15 is 0 Å². The maximum Gasteiger partial charge on any atom is 0.407 e. The molecule has 0 aliphatic heterocycles. The first kappa shape index (κ1) is 15.6. The van der Waals surface area contributed by atoms with E-state index in [0.717, 1.165) is 12.0 Å². The fraction of sp³-hybridized carbons (Fsp3) is 0.562. The van der Waals surface area contributed by atoms with Crippen molar-refractivity contribution in [2.45, 2.75) is 38.7 Å². The Bertz CT molecular complexity index is 525. The normalized spacial score (nSPS) is 20.8. The summed E-state index contributed by atoms with van der Waals surface area (Å²) < 4.78 is 23.8. The van der Waals surface area contributed by atoms with Gasteiger partial charge >= 0.3 is 6.09 Å². The Morgan fingerprint density at radius 3 is 2.76 bits per heavy atom. The summed E-state index contributed by atoms with van der Waals surface area (Å²) in [5.74, 6) is 0.955. The number of hydrogen-bond acceptors (Lipinski definition) is 3. The second-order valence-electron chi connectivity index (χ2n) is 6.37. The number of carbonyl (C=O) groups excluding carboxylic acids is 1. The average molecular weight is 295 g/mol. The Labute approximate surface area is 124 Å². The third-order valence-electron chi connectivity index (χ3n) is 3.42. The van der Waals surface area contributed by atoms with E-state index < -0.39 is 11.7 Å². The molecule has 5 heteroatoms. The molecular formula is C16H22FNO3. The van der Waals surface area contributed by atoms with E-state index in [1.165, 1.54) is 12.1 Å². The summed E-state index contributed by atoms with van der Waals surface area (Å²) in [6.07, 6.45) is 0.495. The van der Waals surface area contributed by atoms with Gasteiger partial charge in [0.2, 0.25) is 0 Å². The van der Waals surface area contributed by atoms with E-state index in [0.29, 0.717) is 18.2 Å². The Kier molecular flexibility index (Phi) is 4.40. The number of methoxy groups -OCH3 is 1. The highest BCUT2D eigenvalue weighted by atomic mass is 19.1. The van der Waals surface area contributed by atoms with Crippen LogP contribution in [0.4, 0.5) is 9.18 Å². The molecule has 0 spiro atoms. The molecule has 1 fully saturated rings. The number of nitrogens with one attached hydrogen (secondary N) is 1. The molecule has 1 N–H and O–H groups in total. The molecule has 2 atom stereocenters. The molecule has 4 nitrogen and oxygen atoms in total. The molecule has 116 valence electrons. The molecule has 0 heterocycles. The van der Waals surface area contributed by atoms with Gasteiger partial charge in [0.15, 0.2) is 0 Å². The van der Waals surface area contributed by atoms with Gasteiger partial charge in [0.25, 0.3) is 0 Å². The molecule has 1 aromatic rings. The minimum Gasteiger partial charge on any atom is -0.496 e. The summed E-state index contributed by atoms with van der Waals surface area (Å²) in [6, 6.07) is 4.54. The maximum atomic E-state index is 13.4. The van der Waals surface area contributed by atoms with Crippen molar-refractivity contribution in [3.63, 3.8) is 0 Å². The van der Waals surface area contributed by atoms with Gasteiger partial charge in [-0.05, 0) is 57.2 Å². The van der Waals surface area contributed by atoms with Gasteiger partial charge in [-0.25, -0.2) is 9.18 Å². The van der Waals surface area contributed by atoms with Gasteiger partial charge in [0.05, 0.1) is 7.11 Å². The largest absolute Gasteiger partial charge is 0.496 e. The molecule has 1 amide bonds. The molecule has 0 unspecified atom stereocenters. The van der Waals surface area contributed by atoms with E-state index in [9.17, 15) is 9.18 Å². The lowest BCUT2D eigenvalue weighted by Crippen LogP contribution is -2.33. The number of rotatable bonds is 4. The number of alkyl carbamates (subject to hydrolysis) is 1. The molecular weight excluding hydrogens is 273 g/mol. The van der Waals surface area contributed by atoms with Crippen molar-refractivity contribution in [2.75, 3.05) is 13.7 Å². The quantitative estimate of drug-likeness (QED) is 0.925. The SMILES string of the molecule is COc1ccc(F)cc1[C@@H]1C[C@H]1CNC(=O)OC(C)(C)C. The van der Waals surface area contributed by atoms with Crippen molar-refractivity contribution in [1.29, 1.82) is 0 Å². The number of hydrogen-bond donors (Lipinski definition) is 1. The molecule has 0 saturated heterocycles. The predicted molar refractivity (Wildman–Crippen MR) is 78.0 cm³/mol. The van der Waals surface area contributed by atoms with Crippen LogP contribution in [0.3, 0.4) is 0 Å². The minimum atomic E-state index is -0.501. The van der Waals surface area contributed by atoms with E-state index in [4.69, 9.17) is 9.47 Å². The van der Waals surface area contributed by atoms with Crippen LogP contribution in [0.2, 0.25) is 0 Å². The standard InChI is InChI=1S/C16H22FNO3/c1-16(2,3)21-15(19)18-9-10-7-12(10)13-8-11(17)5-6-14(13)20-4/h5-6,8,10,12H,7,9H2,1-4H3,(H,18,19)/t10-,12+/m0/s1. The Hall–Kier alpha value is -1.78. The van der Waals surface area contributed by atoms with Gasteiger partial charge < -0.3 is 14.8 Å². The zero-order valence-electron chi connectivity index (χ0n) is 12.9. The number of ether oxygens (including phenoxy) is 2. The van der Waals surface area contributed by atoms with Crippen LogP contribution in [-0.4, -0.2) is 25.3 Å². The second-order valence-corrected chi connectivity index (χ2v) is 6.37. The fourth-order valence-electron chi connectivity index (χ4n) is 2.38. The highest BCUT2D eigenvalue weighted by Gasteiger charge is 2.40. The number of carbonyl (C=O) groups is 1. The Morgan fingerprint density at radius 2 is 2.14 bits per heavy atom. The number of halogens is 1. The predicted octanol–water partition coefficient (Wildman–Crippen LogP) is 3.46. The summed E-state index contributed by atoms with van der Waals surface area (Å²) >= 11 is 0. The van der Waals surface area contributed by atoms with Crippen molar-refractivity contribution in [1.82, 2.24) is 5.32 Å². The highest BCUT2D eigenvalue weighted by Crippen LogP contribution is 2.50. The van der Waals surface area contributed by atoms with Crippen LogP contribution in [-0.2, 0) is 4.74 Å². The van der Waals surface area contributed by atoms with Gasteiger partial charge in [-0.3, -0.25) is 0 Å². The Morgan fingerprint density at radius 1 is 1.43 bits per heavy atom. The maximum absolute atomic E-state index is 13.4. The summed E-state index contributed by atoms with van der Waals surface area (Å²) in [6.45, 7) is 6.00. The average Bonchev–Trinajstić information content (AvgIpc) is 3.13. The van der Waals surface area contributed by atoms with Gasteiger partial charge in [-0.2, -0.15) is 0 Å². The molecule has 0 bridgehead atoms. The molecule has 2 rings (SSSR count). The van der Waals surface area contributed by atoms with Crippen LogP contribution in [0.25, 0.3) is 0 Å². The van der Waals surface area contributed by atoms with Gasteiger partial charge in [-0.15, -0.1) is 0 Å². The highest BCUT2D eigenvalue weighted by molar-refractivity contribution is 5.67. The van der Waals surface area contributed by atoms with Gasteiger partial charge in [0.1, 0.15) is 17.2 Å². The minimum absolute atomic E-state index is 0.227. The molecule has 1 aromatic carbocycles. The lowest BCUT2D eigenvalue weighted by Gasteiger charge is -2.19. The van der Waals surface area contributed by atoms with E-state index in [1.54, 1.807) is 13.2 Å². The number of amides is 1.